The summed E-state index contributed by atoms with van der Waals surface area (Å²) in [5, 5.41) is 5.52. The number of hydrogen-bond acceptors (Lipinski definition) is 3. The summed E-state index contributed by atoms with van der Waals surface area (Å²) in [5.41, 5.74) is 0. The van der Waals surface area contributed by atoms with E-state index in [-0.39, 0.29) is 5.92 Å². The lowest BCUT2D eigenvalue weighted by Gasteiger charge is -2.32. The van der Waals surface area contributed by atoms with Crippen molar-refractivity contribution >= 4 is 17.2 Å². The van der Waals surface area contributed by atoms with Gasteiger partial charge in [0.05, 0.1) is 6.54 Å². The average molecular weight is 278 g/mol. The lowest BCUT2D eigenvalue weighted by Crippen LogP contribution is -2.44. The van der Waals surface area contributed by atoms with Gasteiger partial charge in [0.25, 0.3) is 0 Å². The maximum absolute atomic E-state index is 12.8. The zero-order chi connectivity index (χ0) is 13.2. The SMILES string of the molecule is CC1CC(C(=O)N(Cc2cccs2)C2CC2)CCN1. The number of amides is 1. The van der Waals surface area contributed by atoms with Crippen molar-refractivity contribution < 1.29 is 4.79 Å². The van der Waals surface area contributed by atoms with E-state index in [0.29, 0.717) is 18.0 Å². The van der Waals surface area contributed by atoms with Gasteiger partial charge in [0, 0.05) is 22.9 Å². The number of piperidine rings is 1. The fourth-order valence-corrected chi connectivity index (χ4v) is 3.64. The first-order valence-corrected chi connectivity index (χ1v) is 8.18. The molecule has 2 unspecified atom stereocenters. The monoisotopic (exact) mass is 278 g/mol. The predicted molar refractivity (Wildman–Crippen MR) is 78.1 cm³/mol. The van der Waals surface area contributed by atoms with Gasteiger partial charge in [-0.05, 0) is 50.6 Å². The van der Waals surface area contributed by atoms with Crippen LogP contribution in [0.1, 0.15) is 37.5 Å². The molecule has 3 rings (SSSR count). The van der Waals surface area contributed by atoms with E-state index < -0.39 is 0 Å². The highest BCUT2D eigenvalue weighted by Gasteiger charge is 2.37. The van der Waals surface area contributed by atoms with Crippen LogP contribution < -0.4 is 5.32 Å². The summed E-state index contributed by atoms with van der Waals surface area (Å²) in [6, 6.07) is 5.20. The van der Waals surface area contributed by atoms with Gasteiger partial charge in [0.2, 0.25) is 5.91 Å². The highest BCUT2D eigenvalue weighted by atomic mass is 32.1. The van der Waals surface area contributed by atoms with Gasteiger partial charge in [-0.2, -0.15) is 0 Å². The van der Waals surface area contributed by atoms with E-state index >= 15 is 0 Å². The van der Waals surface area contributed by atoms with Gasteiger partial charge < -0.3 is 10.2 Å². The first kappa shape index (κ1) is 13.1. The Labute approximate surface area is 119 Å². The molecule has 1 aliphatic heterocycles. The van der Waals surface area contributed by atoms with Gasteiger partial charge in [-0.15, -0.1) is 11.3 Å². The second-order valence-electron chi connectivity index (χ2n) is 5.85. The first-order chi connectivity index (χ1) is 9.24. The van der Waals surface area contributed by atoms with E-state index in [1.807, 2.05) is 0 Å². The Hall–Kier alpha value is -0.870. The molecular formula is C15H22N2OS. The van der Waals surface area contributed by atoms with Crippen LogP contribution in [0.4, 0.5) is 0 Å². The molecule has 2 fully saturated rings. The number of nitrogens with zero attached hydrogens (tertiary/aromatic N) is 1. The standard InChI is InChI=1S/C15H22N2OS/c1-11-9-12(6-7-16-11)15(18)17(13-4-5-13)10-14-3-2-8-19-14/h2-3,8,11-13,16H,4-7,9-10H2,1H3. The number of carbonyl (C=O) groups is 1. The smallest absolute Gasteiger partial charge is 0.226 e. The molecule has 1 saturated heterocycles. The van der Waals surface area contributed by atoms with E-state index in [4.69, 9.17) is 0 Å². The molecule has 1 amide bonds. The molecule has 4 heteroatoms. The van der Waals surface area contributed by atoms with Gasteiger partial charge in [0.15, 0.2) is 0 Å². The summed E-state index contributed by atoms with van der Waals surface area (Å²) in [4.78, 5) is 16.2. The molecule has 0 spiro atoms. The van der Waals surface area contributed by atoms with Gasteiger partial charge >= 0.3 is 0 Å². The molecule has 1 aliphatic carbocycles. The van der Waals surface area contributed by atoms with Crippen LogP contribution in [0, 0.1) is 5.92 Å². The molecule has 19 heavy (non-hydrogen) atoms. The lowest BCUT2D eigenvalue weighted by atomic mass is 9.92. The summed E-state index contributed by atoms with van der Waals surface area (Å²) in [5.74, 6) is 0.626. The van der Waals surface area contributed by atoms with Crippen molar-refractivity contribution in [3.05, 3.63) is 22.4 Å². The van der Waals surface area contributed by atoms with Crippen molar-refractivity contribution in [3.63, 3.8) is 0 Å². The van der Waals surface area contributed by atoms with Gasteiger partial charge in [-0.3, -0.25) is 4.79 Å². The Morgan fingerprint density at radius 1 is 1.47 bits per heavy atom. The van der Waals surface area contributed by atoms with E-state index in [2.05, 4.69) is 34.7 Å². The molecule has 3 nitrogen and oxygen atoms in total. The normalized spacial score (nSPS) is 27.2. The topological polar surface area (TPSA) is 32.3 Å². The minimum absolute atomic E-state index is 0.233. The van der Waals surface area contributed by atoms with Crippen LogP contribution in [0.15, 0.2) is 17.5 Å². The highest BCUT2D eigenvalue weighted by Crippen LogP contribution is 2.32. The molecular weight excluding hydrogens is 256 g/mol. The third kappa shape index (κ3) is 3.18. The molecule has 0 aromatic carbocycles. The highest BCUT2D eigenvalue weighted by molar-refractivity contribution is 7.09. The molecule has 2 atom stereocenters. The maximum Gasteiger partial charge on any atom is 0.226 e. The third-order valence-corrected chi connectivity index (χ3v) is 5.01. The Bertz CT molecular complexity index is 427. The zero-order valence-corrected chi connectivity index (χ0v) is 12.3. The molecule has 1 saturated carbocycles. The van der Waals surface area contributed by atoms with Crippen LogP contribution in [0.3, 0.4) is 0 Å². The summed E-state index contributed by atoms with van der Waals surface area (Å²) < 4.78 is 0. The zero-order valence-electron chi connectivity index (χ0n) is 11.5. The summed E-state index contributed by atoms with van der Waals surface area (Å²) in [7, 11) is 0. The van der Waals surface area contributed by atoms with Crippen LogP contribution in [-0.4, -0.2) is 29.4 Å². The number of carbonyl (C=O) groups excluding carboxylic acids is 1. The van der Waals surface area contributed by atoms with Crippen LogP contribution >= 0.6 is 11.3 Å². The van der Waals surface area contributed by atoms with E-state index in [0.717, 1.165) is 25.9 Å². The minimum atomic E-state index is 0.233. The quantitative estimate of drug-likeness (QED) is 0.918. The van der Waals surface area contributed by atoms with Crippen molar-refractivity contribution in [2.24, 2.45) is 5.92 Å². The van der Waals surface area contributed by atoms with E-state index in [9.17, 15) is 4.79 Å². The molecule has 104 valence electrons. The van der Waals surface area contributed by atoms with Gasteiger partial charge in [0.1, 0.15) is 0 Å². The van der Waals surface area contributed by atoms with Gasteiger partial charge in [-0.1, -0.05) is 6.07 Å². The fourth-order valence-electron chi connectivity index (χ4n) is 2.93. The van der Waals surface area contributed by atoms with Crippen LogP contribution in [-0.2, 0) is 11.3 Å². The second-order valence-corrected chi connectivity index (χ2v) is 6.89. The Kier molecular flexibility index (Phi) is 3.89. The molecule has 1 aromatic heterocycles. The summed E-state index contributed by atoms with van der Waals surface area (Å²) in [6.07, 6.45) is 4.37. The largest absolute Gasteiger partial charge is 0.334 e. The van der Waals surface area contributed by atoms with Crippen molar-refractivity contribution in [2.45, 2.75) is 51.2 Å². The third-order valence-electron chi connectivity index (χ3n) is 4.15. The Balaban J connectivity index is 1.67. The number of nitrogens with one attached hydrogen (secondary N) is 1. The lowest BCUT2D eigenvalue weighted by molar-refractivity contribution is -0.137. The van der Waals surface area contributed by atoms with Crippen molar-refractivity contribution in [2.75, 3.05) is 6.54 Å². The molecule has 2 aliphatic rings. The van der Waals surface area contributed by atoms with E-state index in [1.54, 1.807) is 11.3 Å². The number of rotatable bonds is 4. The molecule has 1 N–H and O–H groups in total. The summed E-state index contributed by atoms with van der Waals surface area (Å²) in [6.45, 7) is 3.98. The Morgan fingerprint density at radius 3 is 2.95 bits per heavy atom. The molecule has 0 bridgehead atoms. The van der Waals surface area contributed by atoms with Crippen LogP contribution in [0.5, 0.6) is 0 Å². The minimum Gasteiger partial charge on any atom is -0.334 e. The number of thiophene rings is 1. The van der Waals surface area contributed by atoms with Crippen molar-refractivity contribution in [1.82, 2.24) is 10.2 Å². The molecule has 2 heterocycles. The predicted octanol–water partition coefficient (Wildman–Crippen LogP) is 2.63. The van der Waals surface area contributed by atoms with Crippen molar-refractivity contribution in [1.29, 1.82) is 0 Å². The first-order valence-electron chi connectivity index (χ1n) is 7.30. The van der Waals surface area contributed by atoms with E-state index in [1.165, 1.54) is 17.7 Å². The van der Waals surface area contributed by atoms with Crippen LogP contribution in [0.2, 0.25) is 0 Å². The fraction of sp³-hybridized carbons (Fsp3) is 0.667. The number of hydrogen-bond donors (Lipinski definition) is 1. The Morgan fingerprint density at radius 2 is 2.32 bits per heavy atom. The average Bonchev–Trinajstić information content (AvgIpc) is 3.12. The molecule has 0 radical (unpaired) electrons. The van der Waals surface area contributed by atoms with Gasteiger partial charge in [-0.25, -0.2) is 0 Å². The van der Waals surface area contributed by atoms with Crippen LogP contribution in [0.25, 0.3) is 0 Å². The maximum atomic E-state index is 12.8. The molecule has 1 aromatic rings. The second kappa shape index (κ2) is 5.63. The summed E-state index contributed by atoms with van der Waals surface area (Å²) >= 11 is 1.75. The van der Waals surface area contributed by atoms with Crippen molar-refractivity contribution in [3.8, 4) is 0 Å².